The Kier molecular flexibility index (Phi) is 3.17. The van der Waals surface area contributed by atoms with Crippen LogP contribution in [0.25, 0.3) is 5.65 Å². The van der Waals surface area contributed by atoms with E-state index in [-0.39, 0.29) is 5.91 Å². The summed E-state index contributed by atoms with van der Waals surface area (Å²) in [5.41, 5.74) is 4.87. The Labute approximate surface area is 122 Å². The summed E-state index contributed by atoms with van der Waals surface area (Å²) in [5, 5.41) is 7.07. The Hall–Kier alpha value is -2.69. The van der Waals surface area contributed by atoms with Crippen molar-refractivity contribution in [3.05, 3.63) is 59.0 Å². The summed E-state index contributed by atoms with van der Waals surface area (Å²) in [4.78, 5) is 16.7. The number of nitrogens with zero attached hydrogens (tertiary/aromatic N) is 3. The van der Waals surface area contributed by atoms with Gasteiger partial charge < -0.3 is 5.32 Å². The molecule has 1 N–H and O–H groups in total. The number of benzene rings is 1. The molecule has 3 rings (SSSR count). The average molecular weight is 280 g/mol. The molecule has 3 aromatic rings. The molecule has 21 heavy (non-hydrogen) atoms. The van der Waals surface area contributed by atoms with Crippen molar-refractivity contribution >= 4 is 17.2 Å². The van der Waals surface area contributed by atoms with Crippen LogP contribution in [0.2, 0.25) is 0 Å². The van der Waals surface area contributed by atoms with Gasteiger partial charge in [-0.2, -0.15) is 5.10 Å². The zero-order chi connectivity index (χ0) is 15.0. The van der Waals surface area contributed by atoms with Crippen LogP contribution in [0.4, 0.5) is 5.69 Å². The lowest BCUT2D eigenvalue weighted by atomic mass is 10.1. The van der Waals surface area contributed by atoms with Crippen molar-refractivity contribution in [2.75, 3.05) is 5.32 Å². The minimum Gasteiger partial charge on any atom is -0.320 e. The van der Waals surface area contributed by atoms with Crippen LogP contribution < -0.4 is 5.32 Å². The molecule has 0 saturated heterocycles. The third kappa shape index (κ3) is 2.50. The van der Waals surface area contributed by atoms with Crippen LogP contribution in [0.1, 0.15) is 27.3 Å². The zero-order valence-electron chi connectivity index (χ0n) is 12.2. The van der Waals surface area contributed by atoms with E-state index in [1.807, 2.05) is 39.0 Å². The molecule has 0 spiro atoms. The molecule has 0 aliphatic heterocycles. The van der Waals surface area contributed by atoms with E-state index >= 15 is 0 Å². The Balaban J connectivity index is 1.95. The highest BCUT2D eigenvalue weighted by atomic mass is 16.1. The van der Waals surface area contributed by atoms with E-state index in [0.29, 0.717) is 11.3 Å². The number of nitrogens with one attached hydrogen (secondary N) is 1. The summed E-state index contributed by atoms with van der Waals surface area (Å²) >= 11 is 0. The minimum atomic E-state index is -0.212. The van der Waals surface area contributed by atoms with Gasteiger partial charge in [0.2, 0.25) is 0 Å². The molecule has 0 aliphatic carbocycles. The molecule has 0 unspecified atom stereocenters. The van der Waals surface area contributed by atoms with Crippen molar-refractivity contribution in [3.63, 3.8) is 0 Å². The molecule has 5 heteroatoms. The van der Waals surface area contributed by atoms with E-state index in [1.54, 1.807) is 22.8 Å². The standard InChI is InChI=1S/C16H16N4O/c1-10-4-5-11(2)13(8-10)19-16(21)14-9-12(3)20-15(18-14)6-7-17-20/h4-9H,1-3H3,(H,19,21). The van der Waals surface area contributed by atoms with Gasteiger partial charge in [-0.1, -0.05) is 12.1 Å². The van der Waals surface area contributed by atoms with E-state index in [1.165, 1.54) is 0 Å². The van der Waals surface area contributed by atoms with Crippen LogP contribution in [-0.2, 0) is 0 Å². The topological polar surface area (TPSA) is 59.3 Å². The quantitative estimate of drug-likeness (QED) is 0.785. The summed E-state index contributed by atoms with van der Waals surface area (Å²) in [5.74, 6) is -0.212. The molecular weight excluding hydrogens is 264 g/mol. The van der Waals surface area contributed by atoms with E-state index in [4.69, 9.17) is 0 Å². The van der Waals surface area contributed by atoms with E-state index in [9.17, 15) is 4.79 Å². The van der Waals surface area contributed by atoms with Gasteiger partial charge in [0.15, 0.2) is 5.65 Å². The number of carbonyl (C=O) groups is 1. The van der Waals surface area contributed by atoms with Gasteiger partial charge in [0, 0.05) is 17.4 Å². The van der Waals surface area contributed by atoms with Crippen molar-refractivity contribution in [3.8, 4) is 0 Å². The lowest BCUT2D eigenvalue weighted by molar-refractivity contribution is 0.102. The molecule has 2 heterocycles. The van der Waals surface area contributed by atoms with Crippen LogP contribution in [0, 0.1) is 20.8 Å². The highest BCUT2D eigenvalue weighted by Gasteiger charge is 2.12. The maximum atomic E-state index is 12.4. The molecule has 0 atom stereocenters. The van der Waals surface area contributed by atoms with Gasteiger partial charge in [0.25, 0.3) is 5.91 Å². The number of aromatic nitrogens is 3. The highest BCUT2D eigenvalue weighted by molar-refractivity contribution is 6.03. The number of anilines is 1. The van der Waals surface area contributed by atoms with E-state index in [2.05, 4.69) is 15.4 Å². The number of rotatable bonds is 2. The largest absolute Gasteiger partial charge is 0.320 e. The van der Waals surface area contributed by atoms with E-state index < -0.39 is 0 Å². The van der Waals surface area contributed by atoms with Crippen molar-refractivity contribution in [2.24, 2.45) is 0 Å². The van der Waals surface area contributed by atoms with Crippen molar-refractivity contribution in [1.82, 2.24) is 14.6 Å². The summed E-state index contributed by atoms with van der Waals surface area (Å²) < 4.78 is 1.70. The normalized spacial score (nSPS) is 10.8. The summed E-state index contributed by atoms with van der Waals surface area (Å²) in [6.07, 6.45) is 1.67. The number of fused-ring (bicyclic) bond motifs is 1. The van der Waals surface area contributed by atoms with Gasteiger partial charge in [-0.05, 0) is 44.0 Å². The number of carbonyl (C=O) groups excluding carboxylic acids is 1. The van der Waals surface area contributed by atoms with Crippen LogP contribution >= 0.6 is 0 Å². The minimum absolute atomic E-state index is 0.212. The van der Waals surface area contributed by atoms with Crippen LogP contribution in [0.15, 0.2) is 36.5 Å². The average Bonchev–Trinajstić information content (AvgIpc) is 2.91. The SMILES string of the molecule is Cc1ccc(C)c(NC(=O)c2cc(C)n3nccc3n2)c1. The summed E-state index contributed by atoms with van der Waals surface area (Å²) in [6.45, 7) is 5.86. The molecule has 2 aromatic heterocycles. The summed E-state index contributed by atoms with van der Waals surface area (Å²) in [7, 11) is 0. The van der Waals surface area contributed by atoms with Gasteiger partial charge in [-0.25, -0.2) is 9.50 Å². The van der Waals surface area contributed by atoms with Crippen molar-refractivity contribution < 1.29 is 4.79 Å². The smallest absolute Gasteiger partial charge is 0.274 e. The lowest BCUT2D eigenvalue weighted by Crippen LogP contribution is -2.16. The predicted molar refractivity (Wildman–Crippen MR) is 81.6 cm³/mol. The first-order chi connectivity index (χ1) is 10.0. The molecule has 0 bridgehead atoms. The fraction of sp³-hybridized carbons (Fsp3) is 0.188. The van der Waals surface area contributed by atoms with Crippen LogP contribution in [-0.4, -0.2) is 20.5 Å². The number of hydrogen-bond acceptors (Lipinski definition) is 3. The molecule has 1 amide bonds. The van der Waals surface area contributed by atoms with Gasteiger partial charge >= 0.3 is 0 Å². The highest BCUT2D eigenvalue weighted by Crippen LogP contribution is 2.17. The Morgan fingerprint density at radius 3 is 2.76 bits per heavy atom. The maximum absolute atomic E-state index is 12.4. The maximum Gasteiger partial charge on any atom is 0.274 e. The van der Waals surface area contributed by atoms with E-state index in [0.717, 1.165) is 22.5 Å². The van der Waals surface area contributed by atoms with Gasteiger partial charge in [0.05, 0.1) is 6.20 Å². The third-order valence-electron chi connectivity index (χ3n) is 3.41. The van der Waals surface area contributed by atoms with Crippen LogP contribution in [0.5, 0.6) is 0 Å². The molecular formula is C16H16N4O. The van der Waals surface area contributed by atoms with Gasteiger partial charge in [-0.3, -0.25) is 4.79 Å². The fourth-order valence-corrected chi connectivity index (χ4v) is 2.24. The first-order valence-corrected chi connectivity index (χ1v) is 6.74. The second-order valence-corrected chi connectivity index (χ2v) is 5.16. The Morgan fingerprint density at radius 1 is 1.14 bits per heavy atom. The van der Waals surface area contributed by atoms with Gasteiger partial charge in [0.1, 0.15) is 5.69 Å². The Bertz CT molecular complexity index is 835. The zero-order valence-corrected chi connectivity index (χ0v) is 12.2. The summed E-state index contributed by atoms with van der Waals surface area (Å²) in [6, 6.07) is 9.48. The first kappa shape index (κ1) is 13.3. The first-order valence-electron chi connectivity index (χ1n) is 6.74. The molecule has 5 nitrogen and oxygen atoms in total. The Morgan fingerprint density at radius 2 is 1.95 bits per heavy atom. The molecule has 0 aliphatic rings. The molecule has 106 valence electrons. The lowest BCUT2D eigenvalue weighted by Gasteiger charge is -2.10. The van der Waals surface area contributed by atoms with Gasteiger partial charge in [-0.15, -0.1) is 0 Å². The second kappa shape index (κ2) is 5.01. The number of amides is 1. The fourth-order valence-electron chi connectivity index (χ4n) is 2.24. The van der Waals surface area contributed by atoms with Crippen molar-refractivity contribution in [1.29, 1.82) is 0 Å². The predicted octanol–water partition coefficient (Wildman–Crippen LogP) is 2.91. The molecule has 1 aromatic carbocycles. The number of aryl methyl sites for hydroxylation is 3. The molecule has 0 radical (unpaired) electrons. The second-order valence-electron chi connectivity index (χ2n) is 5.16. The van der Waals surface area contributed by atoms with Crippen LogP contribution in [0.3, 0.4) is 0 Å². The molecule has 0 fully saturated rings. The van der Waals surface area contributed by atoms with Crippen molar-refractivity contribution in [2.45, 2.75) is 20.8 Å². The number of hydrogen-bond donors (Lipinski definition) is 1. The monoisotopic (exact) mass is 280 g/mol. The third-order valence-corrected chi connectivity index (χ3v) is 3.41. The molecule has 0 saturated carbocycles.